The van der Waals surface area contributed by atoms with E-state index >= 15 is 0 Å². The summed E-state index contributed by atoms with van der Waals surface area (Å²) in [7, 11) is 0. The molecule has 6 rings (SSSR count). The maximum Gasteiger partial charge on any atom is 0.324 e. The van der Waals surface area contributed by atoms with Gasteiger partial charge in [0.25, 0.3) is 5.79 Å². The van der Waals surface area contributed by atoms with E-state index in [0.717, 1.165) is 38.4 Å². The highest BCUT2D eigenvalue weighted by molar-refractivity contribution is 9.10. The summed E-state index contributed by atoms with van der Waals surface area (Å²) >= 11 is 3.66. The van der Waals surface area contributed by atoms with E-state index in [0.29, 0.717) is 16.8 Å². The summed E-state index contributed by atoms with van der Waals surface area (Å²) in [5.41, 5.74) is 3.55. The van der Waals surface area contributed by atoms with Crippen LogP contribution in [0.2, 0.25) is 0 Å². The number of cyclic esters (lactones) is 2. The molecule has 1 fully saturated rings. The zero-order valence-electron chi connectivity index (χ0n) is 21.4. The lowest BCUT2D eigenvalue weighted by Crippen LogP contribution is -2.48. The number of para-hydroxylation sites is 1. The van der Waals surface area contributed by atoms with E-state index in [-0.39, 0.29) is 0 Å². The standard InChI is InChI=1S/C32H26BrNO5/c1-32(2)38-30(35)29(31(36)39-32)28(24-17-34-26-13-6-5-12-23(24)26)20-14-15-27(25(33)16-20)37-18-21-10-7-9-19-8-3-4-11-22(19)21/h3-17,28-29,34H,18H2,1-2H3/t28-/m0/s1. The Morgan fingerprint density at radius 3 is 2.36 bits per heavy atom. The van der Waals surface area contributed by atoms with Crippen molar-refractivity contribution in [2.75, 3.05) is 0 Å². The fourth-order valence-electron chi connectivity index (χ4n) is 5.30. The number of hydrogen-bond acceptors (Lipinski definition) is 5. The highest BCUT2D eigenvalue weighted by Crippen LogP contribution is 2.42. The van der Waals surface area contributed by atoms with Crippen molar-refractivity contribution in [2.45, 2.75) is 32.2 Å². The van der Waals surface area contributed by atoms with Crippen LogP contribution in [0, 0.1) is 5.92 Å². The lowest BCUT2D eigenvalue weighted by atomic mass is 9.80. The number of esters is 2. The third-order valence-corrected chi connectivity index (χ3v) is 7.69. The van der Waals surface area contributed by atoms with Gasteiger partial charge in [0, 0.05) is 36.9 Å². The molecule has 1 atom stereocenters. The van der Waals surface area contributed by atoms with Gasteiger partial charge < -0.3 is 19.2 Å². The molecular weight excluding hydrogens is 558 g/mol. The largest absolute Gasteiger partial charge is 0.488 e. The fourth-order valence-corrected chi connectivity index (χ4v) is 5.82. The molecule has 196 valence electrons. The zero-order chi connectivity index (χ0) is 27.1. The number of halogens is 1. The summed E-state index contributed by atoms with van der Waals surface area (Å²) in [5, 5.41) is 3.22. The van der Waals surface area contributed by atoms with Crippen LogP contribution >= 0.6 is 15.9 Å². The average molecular weight is 584 g/mol. The van der Waals surface area contributed by atoms with Crippen molar-refractivity contribution in [2.24, 2.45) is 5.92 Å². The van der Waals surface area contributed by atoms with Crippen LogP contribution in [0.5, 0.6) is 5.75 Å². The van der Waals surface area contributed by atoms with Crippen LogP contribution in [0.1, 0.15) is 36.5 Å². The average Bonchev–Trinajstić information content (AvgIpc) is 3.33. The van der Waals surface area contributed by atoms with E-state index in [9.17, 15) is 9.59 Å². The molecule has 0 amide bonds. The first kappa shape index (κ1) is 25.2. The first-order valence-electron chi connectivity index (χ1n) is 12.7. The van der Waals surface area contributed by atoms with Gasteiger partial charge in [-0.1, -0.05) is 66.7 Å². The Labute approximate surface area is 234 Å². The molecule has 2 heterocycles. The van der Waals surface area contributed by atoms with Gasteiger partial charge in [-0.15, -0.1) is 0 Å². The van der Waals surface area contributed by atoms with Crippen molar-refractivity contribution >= 4 is 49.5 Å². The van der Waals surface area contributed by atoms with Crippen molar-refractivity contribution in [1.82, 2.24) is 4.98 Å². The van der Waals surface area contributed by atoms with Gasteiger partial charge in [0.05, 0.1) is 4.47 Å². The van der Waals surface area contributed by atoms with Crippen LogP contribution in [0.15, 0.2) is 95.6 Å². The molecule has 4 aromatic carbocycles. The maximum atomic E-state index is 13.2. The van der Waals surface area contributed by atoms with Crippen molar-refractivity contribution in [1.29, 1.82) is 0 Å². The summed E-state index contributed by atoms with van der Waals surface area (Å²) in [6.07, 6.45) is 1.84. The number of carbonyl (C=O) groups is 2. The van der Waals surface area contributed by atoms with Crippen LogP contribution < -0.4 is 4.74 Å². The van der Waals surface area contributed by atoms with Crippen molar-refractivity contribution in [3.05, 3.63) is 112 Å². The SMILES string of the molecule is CC1(C)OC(=O)C([C@@H](c2ccc(OCc3cccc4ccccc34)c(Br)c2)c2c[nH]c3ccccc23)C(=O)O1. The van der Waals surface area contributed by atoms with Gasteiger partial charge in [0.2, 0.25) is 0 Å². The number of H-pyrrole nitrogens is 1. The third-order valence-electron chi connectivity index (χ3n) is 7.07. The topological polar surface area (TPSA) is 77.6 Å². The normalized spacial score (nSPS) is 16.2. The minimum absolute atomic E-state index is 0.390. The Balaban J connectivity index is 1.36. The van der Waals surface area contributed by atoms with Crippen LogP contribution in [-0.4, -0.2) is 22.7 Å². The van der Waals surface area contributed by atoms with E-state index in [2.05, 4.69) is 45.2 Å². The number of benzene rings is 4. The second kappa shape index (κ2) is 9.89. The summed E-state index contributed by atoms with van der Waals surface area (Å²) in [4.78, 5) is 29.7. The highest BCUT2D eigenvalue weighted by Gasteiger charge is 2.48. The predicted molar refractivity (Wildman–Crippen MR) is 152 cm³/mol. The fraction of sp³-hybridized carbons (Fsp3) is 0.188. The molecule has 0 unspecified atom stereocenters. The molecule has 5 aromatic rings. The molecule has 0 saturated carbocycles. The smallest absolute Gasteiger partial charge is 0.324 e. The number of rotatable bonds is 6. The third kappa shape index (κ3) is 4.79. The summed E-state index contributed by atoms with van der Waals surface area (Å²) in [5.74, 6) is -3.68. The van der Waals surface area contributed by atoms with E-state index in [1.807, 2.05) is 66.9 Å². The van der Waals surface area contributed by atoms with E-state index in [1.165, 1.54) is 0 Å². The van der Waals surface area contributed by atoms with Gasteiger partial charge in [-0.2, -0.15) is 0 Å². The van der Waals surface area contributed by atoms with Gasteiger partial charge in [-0.3, -0.25) is 9.59 Å². The van der Waals surface area contributed by atoms with E-state index < -0.39 is 29.6 Å². The molecule has 1 aliphatic heterocycles. The van der Waals surface area contributed by atoms with Crippen molar-refractivity contribution < 1.29 is 23.8 Å². The minimum Gasteiger partial charge on any atom is -0.488 e. The molecule has 6 nitrogen and oxygen atoms in total. The number of nitrogens with one attached hydrogen (secondary N) is 1. The number of ether oxygens (including phenoxy) is 3. The van der Waals surface area contributed by atoms with Crippen LogP contribution in [-0.2, 0) is 25.7 Å². The Bertz CT molecular complexity index is 1700. The second-order valence-electron chi connectivity index (χ2n) is 10.1. The summed E-state index contributed by atoms with van der Waals surface area (Å²) in [6, 6.07) is 27.8. The van der Waals surface area contributed by atoms with Gasteiger partial charge in [-0.25, -0.2) is 0 Å². The number of hydrogen-bond donors (Lipinski definition) is 1. The van der Waals surface area contributed by atoms with Crippen LogP contribution in [0.4, 0.5) is 0 Å². The number of aromatic amines is 1. The molecule has 39 heavy (non-hydrogen) atoms. The zero-order valence-corrected chi connectivity index (χ0v) is 23.0. The Kier molecular flexibility index (Phi) is 6.39. The minimum atomic E-state index is -1.31. The van der Waals surface area contributed by atoms with Gasteiger partial charge in [0.15, 0.2) is 5.92 Å². The molecule has 1 aliphatic rings. The molecule has 0 aliphatic carbocycles. The molecular formula is C32H26BrNO5. The van der Waals surface area contributed by atoms with Crippen molar-refractivity contribution in [3.8, 4) is 5.75 Å². The van der Waals surface area contributed by atoms with Gasteiger partial charge in [0.1, 0.15) is 12.4 Å². The molecule has 0 radical (unpaired) electrons. The molecule has 1 aromatic heterocycles. The molecule has 1 saturated heterocycles. The van der Waals surface area contributed by atoms with E-state index in [4.69, 9.17) is 14.2 Å². The van der Waals surface area contributed by atoms with Crippen LogP contribution in [0.25, 0.3) is 21.7 Å². The van der Waals surface area contributed by atoms with Crippen molar-refractivity contribution in [3.63, 3.8) is 0 Å². The number of fused-ring (bicyclic) bond motifs is 2. The second-order valence-corrected chi connectivity index (χ2v) is 11.0. The lowest BCUT2D eigenvalue weighted by Gasteiger charge is -2.36. The Hall–Kier alpha value is -4.10. The maximum absolute atomic E-state index is 13.2. The molecule has 1 N–H and O–H groups in total. The first-order valence-corrected chi connectivity index (χ1v) is 13.5. The van der Waals surface area contributed by atoms with Crippen LogP contribution in [0.3, 0.4) is 0 Å². The molecule has 0 spiro atoms. The number of carbonyl (C=O) groups excluding carboxylic acids is 2. The Morgan fingerprint density at radius 1 is 0.897 bits per heavy atom. The highest BCUT2D eigenvalue weighted by atomic mass is 79.9. The summed E-state index contributed by atoms with van der Waals surface area (Å²) in [6.45, 7) is 3.50. The quantitative estimate of drug-likeness (QED) is 0.168. The monoisotopic (exact) mass is 583 g/mol. The summed E-state index contributed by atoms with van der Waals surface area (Å²) < 4.78 is 18.0. The van der Waals surface area contributed by atoms with Gasteiger partial charge >= 0.3 is 11.9 Å². The van der Waals surface area contributed by atoms with Gasteiger partial charge in [-0.05, 0) is 61.6 Å². The van der Waals surface area contributed by atoms with E-state index in [1.54, 1.807) is 13.8 Å². The predicted octanol–water partition coefficient (Wildman–Crippen LogP) is 7.25. The number of aromatic nitrogens is 1. The first-order chi connectivity index (χ1) is 18.8. The molecule has 0 bridgehead atoms. The Morgan fingerprint density at radius 2 is 1.59 bits per heavy atom. The lowest BCUT2D eigenvalue weighted by molar-refractivity contribution is -0.240. The molecule has 7 heteroatoms.